The Bertz CT molecular complexity index is 464. The van der Waals surface area contributed by atoms with Crippen LogP contribution in [0.3, 0.4) is 0 Å². The lowest BCUT2D eigenvalue weighted by Gasteiger charge is -2.06. The molecule has 19 heavy (non-hydrogen) atoms. The van der Waals surface area contributed by atoms with Crippen molar-refractivity contribution in [3.63, 3.8) is 0 Å². The van der Waals surface area contributed by atoms with Gasteiger partial charge in [-0.15, -0.1) is 11.8 Å². The maximum absolute atomic E-state index is 11.6. The van der Waals surface area contributed by atoms with E-state index in [0.717, 1.165) is 11.8 Å². The van der Waals surface area contributed by atoms with Crippen LogP contribution in [-0.2, 0) is 9.59 Å². The quantitative estimate of drug-likeness (QED) is 0.682. The second kappa shape index (κ2) is 7.55. The van der Waals surface area contributed by atoms with Gasteiger partial charge in [0.05, 0.1) is 5.75 Å². The van der Waals surface area contributed by atoms with Crippen LogP contribution in [0.2, 0.25) is 0 Å². The Morgan fingerprint density at radius 1 is 1.26 bits per heavy atom. The second-order valence-electron chi connectivity index (χ2n) is 3.70. The number of benzene rings is 1. The number of imide groups is 1. The highest BCUT2D eigenvalue weighted by atomic mass is 32.2. The zero-order chi connectivity index (χ0) is 14.3. The van der Waals surface area contributed by atoms with Crippen LogP contribution in [0.15, 0.2) is 30.3 Å². The molecule has 0 aliphatic rings. The molecule has 0 aliphatic heterocycles. The van der Waals surface area contributed by atoms with Gasteiger partial charge in [0, 0.05) is 11.3 Å². The van der Waals surface area contributed by atoms with Crippen molar-refractivity contribution in [3.05, 3.63) is 35.9 Å². The van der Waals surface area contributed by atoms with Crippen molar-refractivity contribution >= 4 is 29.5 Å². The number of thioether (sulfide) groups is 1. The van der Waals surface area contributed by atoms with Crippen LogP contribution in [0.1, 0.15) is 10.4 Å². The first-order valence-electron chi connectivity index (χ1n) is 5.46. The maximum atomic E-state index is 11.6. The fourth-order valence-electron chi connectivity index (χ4n) is 1.17. The molecule has 0 fully saturated rings. The minimum absolute atomic E-state index is 0.0143. The van der Waals surface area contributed by atoms with Crippen molar-refractivity contribution in [1.82, 2.24) is 5.32 Å². The van der Waals surface area contributed by atoms with Crippen LogP contribution >= 0.6 is 11.8 Å². The van der Waals surface area contributed by atoms with Gasteiger partial charge in [-0.25, -0.2) is 0 Å². The average Bonchev–Trinajstić information content (AvgIpc) is 2.39. The number of nitrogens with one attached hydrogen (secondary N) is 1. The molecule has 0 saturated carbocycles. The lowest BCUT2D eigenvalue weighted by Crippen LogP contribution is -2.35. The van der Waals surface area contributed by atoms with Crippen molar-refractivity contribution in [2.45, 2.75) is 6.04 Å². The summed E-state index contributed by atoms with van der Waals surface area (Å²) in [5.41, 5.74) is 5.67. The summed E-state index contributed by atoms with van der Waals surface area (Å²) in [6.07, 6.45) is 0. The first kappa shape index (κ1) is 15.2. The molecule has 4 N–H and O–H groups in total. The summed E-state index contributed by atoms with van der Waals surface area (Å²) in [5.74, 6) is -1.97. The van der Waals surface area contributed by atoms with E-state index in [9.17, 15) is 14.4 Å². The summed E-state index contributed by atoms with van der Waals surface area (Å²) < 4.78 is 0. The Morgan fingerprint density at radius 2 is 1.89 bits per heavy atom. The molecule has 0 heterocycles. The van der Waals surface area contributed by atoms with Gasteiger partial charge < -0.3 is 10.8 Å². The lowest BCUT2D eigenvalue weighted by molar-refractivity contribution is -0.138. The molecule has 0 aliphatic carbocycles. The van der Waals surface area contributed by atoms with E-state index < -0.39 is 23.8 Å². The fourth-order valence-corrected chi connectivity index (χ4v) is 1.95. The number of amides is 2. The largest absolute Gasteiger partial charge is 0.480 e. The first-order chi connectivity index (χ1) is 9.00. The third kappa shape index (κ3) is 5.54. The highest BCUT2D eigenvalue weighted by Crippen LogP contribution is 2.02. The molecule has 2 amide bonds. The molecule has 6 nitrogen and oxygen atoms in total. The highest BCUT2D eigenvalue weighted by molar-refractivity contribution is 8.00. The van der Waals surface area contributed by atoms with E-state index in [1.54, 1.807) is 30.3 Å². The Balaban J connectivity index is 2.32. The molecule has 0 radical (unpaired) electrons. The normalized spacial score (nSPS) is 11.6. The van der Waals surface area contributed by atoms with Gasteiger partial charge in [0.1, 0.15) is 6.04 Å². The van der Waals surface area contributed by atoms with Gasteiger partial charge in [-0.05, 0) is 12.1 Å². The maximum Gasteiger partial charge on any atom is 0.321 e. The van der Waals surface area contributed by atoms with Crippen LogP contribution in [0.25, 0.3) is 0 Å². The topological polar surface area (TPSA) is 109 Å². The lowest BCUT2D eigenvalue weighted by atomic mass is 10.2. The van der Waals surface area contributed by atoms with E-state index >= 15 is 0 Å². The molecule has 1 aromatic rings. The summed E-state index contributed by atoms with van der Waals surface area (Å²) in [4.78, 5) is 33.5. The number of carboxylic acids is 1. The third-order valence-electron chi connectivity index (χ3n) is 2.14. The first-order valence-corrected chi connectivity index (χ1v) is 6.61. The van der Waals surface area contributed by atoms with E-state index in [1.165, 1.54) is 0 Å². The van der Waals surface area contributed by atoms with Crippen LogP contribution in [0.5, 0.6) is 0 Å². The van der Waals surface area contributed by atoms with E-state index in [2.05, 4.69) is 5.32 Å². The Morgan fingerprint density at radius 3 is 2.47 bits per heavy atom. The second-order valence-corrected chi connectivity index (χ2v) is 4.73. The molecule has 0 unspecified atom stereocenters. The minimum Gasteiger partial charge on any atom is -0.480 e. The summed E-state index contributed by atoms with van der Waals surface area (Å²) in [6.45, 7) is 0. The standard InChI is InChI=1S/C12H14N2O4S/c13-9(12(17)18)6-19-7-10(15)14-11(16)8-4-2-1-3-5-8/h1-5,9H,6-7,13H2,(H,17,18)(H,14,15,16)/t9-/m0/s1. The Labute approximate surface area is 114 Å². The SMILES string of the molecule is N[C@@H](CSCC(=O)NC(=O)c1ccccc1)C(=O)O. The van der Waals surface area contributed by atoms with E-state index in [-0.39, 0.29) is 11.5 Å². The molecule has 1 rings (SSSR count). The van der Waals surface area contributed by atoms with Gasteiger partial charge in [0.15, 0.2) is 0 Å². The van der Waals surface area contributed by atoms with Crippen molar-refractivity contribution in [2.24, 2.45) is 5.73 Å². The Hall–Kier alpha value is -1.86. The molecule has 0 aromatic heterocycles. The molecule has 0 bridgehead atoms. The molecular formula is C12H14N2O4S. The van der Waals surface area contributed by atoms with Crippen molar-refractivity contribution in [2.75, 3.05) is 11.5 Å². The number of rotatable bonds is 6. The molecule has 0 spiro atoms. The minimum atomic E-state index is -1.12. The zero-order valence-electron chi connectivity index (χ0n) is 10.0. The molecular weight excluding hydrogens is 268 g/mol. The van der Waals surface area contributed by atoms with Crippen molar-refractivity contribution in [1.29, 1.82) is 0 Å². The van der Waals surface area contributed by atoms with Gasteiger partial charge in [-0.3, -0.25) is 19.7 Å². The highest BCUT2D eigenvalue weighted by Gasteiger charge is 2.13. The van der Waals surface area contributed by atoms with Crippen molar-refractivity contribution < 1.29 is 19.5 Å². The molecule has 7 heteroatoms. The van der Waals surface area contributed by atoms with E-state index in [4.69, 9.17) is 10.8 Å². The molecule has 0 saturated heterocycles. The number of carbonyl (C=O) groups excluding carboxylic acids is 2. The van der Waals surface area contributed by atoms with Crippen LogP contribution in [0.4, 0.5) is 0 Å². The fraction of sp³-hybridized carbons (Fsp3) is 0.250. The van der Waals surface area contributed by atoms with Crippen LogP contribution in [-0.4, -0.2) is 40.4 Å². The summed E-state index contributed by atoms with van der Waals surface area (Å²) in [6, 6.07) is 7.33. The van der Waals surface area contributed by atoms with Crippen molar-refractivity contribution in [3.8, 4) is 0 Å². The smallest absolute Gasteiger partial charge is 0.321 e. The number of hydrogen-bond donors (Lipinski definition) is 3. The monoisotopic (exact) mass is 282 g/mol. The third-order valence-corrected chi connectivity index (χ3v) is 3.20. The molecule has 1 atom stereocenters. The van der Waals surface area contributed by atoms with E-state index in [0.29, 0.717) is 5.56 Å². The molecule has 1 aromatic carbocycles. The average molecular weight is 282 g/mol. The number of carbonyl (C=O) groups is 3. The van der Waals surface area contributed by atoms with Gasteiger partial charge in [-0.1, -0.05) is 18.2 Å². The number of carboxylic acid groups (broad SMARTS) is 1. The van der Waals surface area contributed by atoms with Gasteiger partial charge >= 0.3 is 5.97 Å². The van der Waals surface area contributed by atoms with Gasteiger partial charge in [-0.2, -0.15) is 0 Å². The van der Waals surface area contributed by atoms with Crippen LogP contribution < -0.4 is 11.1 Å². The van der Waals surface area contributed by atoms with Crippen LogP contribution in [0, 0.1) is 0 Å². The number of aliphatic carboxylic acids is 1. The van der Waals surface area contributed by atoms with Gasteiger partial charge in [0.2, 0.25) is 5.91 Å². The van der Waals surface area contributed by atoms with Gasteiger partial charge in [0.25, 0.3) is 5.91 Å². The summed E-state index contributed by atoms with van der Waals surface area (Å²) in [7, 11) is 0. The molecule has 102 valence electrons. The number of hydrogen-bond acceptors (Lipinski definition) is 5. The number of nitrogens with two attached hydrogens (primary N) is 1. The summed E-state index contributed by atoms with van der Waals surface area (Å²) >= 11 is 1.06. The summed E-state index contributed by atoms with van der Waals surface area (Å²) in [5, 5.41) is 10.8. The predicted molar refractivity (Wildman–Crippen MR) is 71.9 cm³/mol. The zero-order valence-corrected chi connectivity index (χ0v) is 10.9. The Kier molecular flexibility index (Phi) is 6.04. The van der Waals surface area contributed by atoms with E-state index in [1.807, 2.05) is 0 Å². The predicted octanol–water partition coefficient (Wildman–Crippen LogP) is 0.0881.